The number of unbranched alkanes of at least 4 members (excludes halogenated alkanes) is 2. The van der Waals surface area contributed by atoms with E-state index in [0.717, 1.165) is 12.8 Å². The van der Waals surface area contributed by atoms with Crippen molar-refractivity contribution in [3.8, 4) is 0 Å². The van der Waals surface area contributed by atoms with Crippen molar-refractivity contribution in [1.82, 2.24) is 11.0 Å². The van der Waals surface area contributed by atoms with Crippen molar-refractivity contribution in [2.45, 2.75) is 26.2 Å². The van der Waals surface area contributed by atoms with Crippen LogP contribution in [0.15, 0.2) is 0 Å². The predicted octanol–water partition coefficient (Wildman–Crippen LogP) is 0.132. The number of hydrazine groups is 1. The fourth-order valence-electron chi connectivity index (χ4n) is 0.601. The van der Waals surface area contributed by atoms with E-state index in [1.807, 2.05) is 6.92 Å². The van der Waals surface area contributed by atoms with E-state index >= 15 is 0 Å². The summed E-state index contributed by atoms with van der Waals surface area (Å²) >= 11 is 0. The number of hydrogen-bond donors (Lipinski definition) is 3. The lowest BCUT2D eigenvalue weighted by atomic mass is 10.3. The van der Waals surface area contributed by atoms with Gasteiger partial charge in [0.25, 0.3) is 0 Å². The zero-order chi connectivity index (χ0) is 8.04. The number of nitrogens with two attached hydrogens (primary N) is 1. The molecular formula is C5H17N3O2S. The molecule has 0 aliphatic rings. The standard InChI is InChI=1S/C5H14N2O2S.H3N/c1-2-3-4-5-10(8,9)7-6;/h7H,2-6H2,1H3;1H3. The SMILES string of the molecule is CCCCCS(=O)(=O)NN.N. The summed E-state index contributed by atoms with van der Waals surface area (Å²) in [5, 5.41) is 0. The normalized spacial score (nSPS) is 10.7. The van der Waals surface area contributed by atoms with Crippen LogP contribution in [0.1, 0.15) is 26.2 Å². The smallest absolute Gasteiger partial charge is 0.224 e. The molecule has 0 spiro atoms. The minimum atomic E-state index is -3.16. The Hall–Kier alpha value is -0.170. The van der Waals surface area contributed by atoms with Crippen molar-refractivity contribution in [3.05, 3.63) is 0 Å². The molecule has 6 heteroatoms. The van der Waals surface area contributed by atoms with Crippen LogP contribution in [-0.2, 0) is 10.0 Å². The summed E-state index contributed by atoms with van der Waals surface area (Å²) in [4.78, 5) is 1.77. The van der Waals surface area contributed by atoms with Gasteiger partial charge in [0.1, 0.15) is 0 Å². The molecule has 0 amide bonds. The lowest BCUT2D eigenvalue weighted by Crippen LogP contribution is -2.32. The molecule has 0 aromatic heterocycles. The molecule has 0 fully saturated rings. The van der Waals surface area contributed by atoms with E-state index in [1.54, 1.807) is 4.83 Å². The van der Waals surface area contributed by atoms with Gasteiger partial charge in [-0.15, -0.1) is 0 Å². The van der Waals surface area contributed by atoms with Crippen molar-refractivity contribution in [2.24, 2.45) is 5.84 Å². The number of hydrogen-bond acceptors (Lipinski definition) is 4. The second-order valence-electron chi connectivity index (χ2n) is 2.14. The molecule has 0 atom stereocenters. The molecule has 11 heavy (non-hydrogen) atoms. The molecule has 0 bridgehead atoms. The summed E-state index contributed by atoms with van der Waals surface area (Å²) in [5.74, 6) is 4.89. The van der Waals surface area contributed by atoms with Crippen molar-refractivity contribution in [1.29, 1.82) is 0 Å². The Bertz CT molecular complexity index is 167. The Morgan fingerprint density at radius 2 is 1.91 bits per heavy atom. The summed E-state index contributed by atoms with van der Waals surface area (Å²) in [6, 6.07) is 0. The average molecular weight is 183 g/mol. The summed E-state index contributed by atoms with van der Waals surface area (Å²) in [5.41, 5.74) is 0. The van der Waals surface area contributed by atoms with Gasteiger partial charge in [-0.25, -0.2) is 8.42 Å². The van der Waals surface area contributed by atoms with Crippen LogP contribution in [0, 0.1) is 0 Å². The van der Waals surface area contributed by atoms with Crippen molar-refractivity contribution in [3.63, 3.8) is 0 Å². The zero-order valence-electron chi connectivity index (χ0n) is 6.84. The van der Waals surface area contributed by atoms with Crippen molar-refractivity contribution < 1.29 is 8.42 Å². The van der Waals surface area contributed by atoms with Gasteiger partial charge in [-0.1, -0.05) is 19.8 Å². The Morgan fingerprint density at radius 3 is 2.27 bits per heavy atom. The summed E-state index contributed by atoms with van der Waals surface area (Å²) < 4.78 is 21.3. The quantitative estimate of drug-likeness (QED) is 0.320. The van der Waals surface area contributed by atoms with Gasteiger partial charge in [-0.3, -0.25) is 5.84 Å². The maximum atomic E-state index is 10.6. The molecular weight excluding hydrogens is 166 g/mol. The largest absolute Gasteiger partial charge is 0.344 e. The highest BCUT2D eigenvalue weighted by atomic mass is 32.2. The zero-order valence-corrected chi connectivity index (χ0v) is 7.65. The van der Waals surface area contributed by atoms with Crippen LogP contribution >= 0.6 is 0 Å². The van der Waals surface area contributed by atoms with Crippen LogP contribution in [0.25, 0.3) is 0 Å². The minimum Gasteiger partial charge on any atom is -0.344 e. The summed E-state index contributed by atoms with van der Waals surface area (Å²) in [7, 11) is -3.16. The van der Waals surface area contributed by atoms with E-state index in [4.69, 9.17) is 5.84 Å². The van der Waals surface area contributed by atoms with E-state index in [1.165, 1.54) is 0 Å². The van der Waals surface area contributed by atoms with E-state index in [2.05, 4.69) is 0 Å². The Morgan fingerprint density at radius 1 is 1.36 bits per heavy atom. The average Bonchev–Trinajstić information content (AvgIpc) is 1.89. The molecule has 70 valence electrons. The van der Waals surface area contributed by atoms with E-state index in [-0.39, 0.29) is 11.9 Å². The second kappa shape index (κ2) is 6.53. The maximum absolute atomic E-state index is 10.6. The molecule has 0 aromatic carbocycles. The molecule has 0 unspecified atom stereocenters. The van der Waals surface area contributed by atoms with Gasteiger partial charge in [0, 0.05) is 0 Å². The summed E-state index contributed by atoms with van der Waals surface area (Å²) in [6.45, 7) is 2.02. The van der Waals surface area contributed by atoms with Crippen LogP contribution in [0.2, 0.25) is 0 Å². The van der Waals surface area contributed by atoms with E-state index in [0.29, 0.717) is 6.42 Å². The highest BCUT2D eigenvalue weighted by Gasteiger charge is 2.04. The molecule has 5 nitrogen and oxygen atoms in total. The van der Waals surface area contributed by atoms with Gasteiger partial charge >= 0.3 is 0 Å². The molecule has 0 heterocycles. The molecule has 0 aromatic rings. The number of nitrogens with one attached hydrogen (secondary N) is 1. The van der Waals surface area contributed by atoms with Crippen LogP contribution in [-0.4, -0.2) is 14.2 Å². The van der Waals surface area contributed by atoms with Crippen LogP contribution in [0.3, 0.4) is 0 Å². The first kappa shape index (κ1) is 13.4. The molecule has 0 rings (SSSR count). The van der Waals surface area contributed by atoms with Crippen molar-refractivity contribution in [2.75, 3.05) is 5.75 Å². The Balaban J connectivity index is 0. The highest BCUT2D eigenvalue weighted by molar-refractivity contribution is 7.89. The second-order valence-corrected chi connectivity index (χ2v) is 4.02. The molecule has 0 saturated carbocycles. The minimum absolute atomic E-state index is 0. The summed E-state index contributed by atoms with van der Waals surface area (Å²) in [6.07, 6.45) is 2.63. The first-order chi connectivity index (χ1) is 4.62. The van der Waals surface area contributed by atoms with Gasteiger partial charge in [0.05, 0.1) is 5.75 Å². The molecule has 0 saturated heterocycles. The van der Waals surface area contributed by atoms with Gasteiger partial charge in [-0.2, -0.15) is 4.83 Å². The Kier molecular flexibility index (Phi) is 7.97. The van der Waals surface area contributed by atoms with Crippen LogP contribution in [0.5, 0.6) is 0 Å². The first-order valence-electron chi connectivity index (χ1n) is 3.32. The Labute approximate surface area is 68.0 Å². The third-order valence-electron chi connectivity index (χ3n) is 1.20. The molecule has 6 N–H and O–H groups in total. The lowest BCUT2D eigenvalue weighted by molar-refractivity contribution is 0.579. The number of rotatable bonds is 5. The third-order valence-corrected chi connectivity index (χ3v) is 2.38. The topological polar surface area (TPSA) is 107 Å². The fourth-order valence-corrected chi connectivity index (χ4v) is 1.30. The monoisotopic (exact) mass is 183 g/mol. The molecule has 0 aliphatic heterocycles. The predicted molar refractivity (Wildman–Crippen MR) is 45.7 cm³/mol. The first-order valence-corrected chi connectivity index (χ1v) is 4.97. The number of sulfonamides is 1. The highest BCUT2D eigenvalue weighted by Crippen LogP contribution is 1.95. The fraction of sp³-hybridized carbons (Fsp3) is 1.00. The van der Waals surface area contributed by atoms with Gasteiger partial charge in [0.15, 0.2) is 0 Å². The van der Waals surface area contributed by atoms with Gasteiger partial charge in [0.2, 0.25) is 10.0 Å². The van der Waals surface area contributed by atoms with Crippen molar-refractivity contribution >= 4 is 10.0 Å². The van der Waals surface area contributed by atoms with Gasteiger partial charge in [-0.05, 0) is 6.42 Å². The van der Waals surface area contributed by atoms with E-state index in [9.17, 15) is 8.42 Å². The molecule has 0 aliphatic carbocycles. The van der Waals surface area contributed by atoms with Crippen LogP contribution < -0.4 is 16.8 Å². The molecule has 0 radical (unpaired) electrons. The van der Waals surface area contributed by atoms with E-state index < -0.39 is 10.0 Å². The van der Waals surface area contributed by atoms with Gasteiger partial charge < -0.3 is 6.15 Å². The maximum Gasteiger partial charge on any atom is 0.224 e. The lowest BCUT2D eigenvalue weighted by Gasteiger charge is -1.99. The third kappa shape index (κ3) is 7.73. The van der Waals surface area contributed by atoms with Crippen LogP contribution in [0.4, 0.5) is 0 Å².